The van der Waals surface area contributed by atoms with E-state index in [1.807, 2.05) is 0 Å². The molecule has 0 radical (unpaired) electrons. The summed E-state index contributed by atoms with van der Waals surface area (Å²) in [6, 6.07) is 14.5. The summed E-state index contributed by atoms with van der Waals surface area (Å²) in [5, 5.41) is 2.25. The van der Waals surface area contributed by atoms with Gasteiger partial charge in [0.15, 0.2) is 5.69 Å². The van der Waals surface area contributed by atoms with Crippen molar-refractivity contribution in [2.45, 2.75) is 78.1 Å². The molecule has 0 atom stereocenters. The van der Waals surface area contributed by atoms with Crippen molar-refractivity contribution < 1.29 is 5.94 Å². The van der Waals surface area contributed by atoms with Crippen molar-refractivity contribution in [3.8, 4) is 11.3 Å². The van der Waals surface area contributed by atoms with Crippen molar-refractivity contribution in [3.63, 3.8) is 0 Å². The van der Waals surface area contributed by atoms with Gasteiger partial charge in [-0.3, -0.25) is 0 Å². The molecule has 1 nitrogen and oxygen atoms in total. The molecule has 4 rings (SSSR count). The van der Waals surface area contributed by atoms with Gasteiger partial charge < -0.3 is 0 Å². The molecule has 1 aliphatic rings. The smallest absolute Gasteiger partial charge is 0.198 e. The number of aromatic nitrogens is 1. The molecule has 0 bridgehead atoms. The quantitative estimate of drug-likeness (QED) is 0.406. The monoisotopic (exact) mass is 387 g/mol. The van der Waals surface area contributed by atoms with Crippen LogP contribution >= 0.6 is 0 Å². The Hall–Kier alpha value is -2.15. The van der Waals surface area contributed by atoms with Gasteiger partial charge in [-0.25, -0.2) is 0 Å². The lowest BCUT2D eigenvalue weighted by Gasteiger charge is -2.23. The van der Waals surface area contributed by atoms with Crippen molar-refractivity contribution in [2.75, 3.05) is 0 Å². The number of pyridine rings is 1. The second kappa shape index (κ2) is 7.59. The van der Waals surface area contributed by atoms with E-state index in [2.05, 4.69) is 82.6 Å². The van der Waals surface area contributed by atoms with E-state index in [0.717, 1.165) is 11.1 Å². The van der Waals surface area contributed by atoms with Gasteiger partial charge in [0.1, 0.15) is 7.05 Å². The summed E-state index contributed by atoms with van der Waals surface area (Å²) < 4.78 is 11.1. The molecule has 0 unspecified atom stereocenters. The number of aryl methyl sites for hydroxylation is 1. The topological polar surface area (TPSA) is 3.88 Å². The van der Waals surface area contributed by atoms with Crippen molar-refractivity contribution in [1.29, 1.82) is 0 Å². The Morgan fingerprint density at radius 2 is 1.69 bits per heavy atom. The van der Waals surface area contributed by atoms with Gasteiger partial charge >= 0.3 is 0 Å². The van der Waals surface area contributed by atoms with Crippen LogP contribution in [0.5, 0.6) is 0 Å². The first-order valence-corrected chi connectivity index (χ1v) is 11.2. The Balaban J connectivity index is 1.96. The van der Waals surface area contributed by atoms with Gasteiger partial charge in [0.25, 0.3) is 0 Å². The van der Waals surface area contributed by atoms with Crippen LogP contribution in [0.2, 0.25) is 0 Å². The van der Waals surface area contributed by atoms with E-state index in [1.54, 1.807) is 0 Å². The molecule has 1 heteroatoms. The van der Waals surface area contributed by atoms with Crippen LogP contribution in [0.25, 0.3) is 22.0 Å². The van der Waals surface area contributed by atoms with Crippen molar-refractivity contribution in [3.05, 3.63) is 64.8 Å². The van der Waals surface area contributed by atoms with Gasteiger partial charge in [-0.05, 0) is 65.3 Å². The van der Waals surface area contributed by atoms with Gasteiger partial charge in [-0.1, -0.05) is 64.3 Å². The van der Waals surface area contributed by atoms with Gasteiger partial charge in [0.05, 0.1) is 6.76 Å². The van der Waals surface area contributed by atoms with Crippen LogP contribution < -0.4 is 4.57 Å². The number of hydrogen-bond donors (Lipinski definition) is 0. The zero-order valence-electron chi connectivity index (χ0n) is 20.0. The third kappa shape index (κ3) is 3.84. The highest BCUT2D eigenvalue weighted by Crippen LogP contribution is 2.37. The molecule has 0 spiro atoms. The lowest BCUT2D eigenvalue weighted by molar-refractivity contribution is -0.665. The maximum absolute atomic E-state index is 8.82. The van der Waals surface area contributed by atoms with Crippen molar-refractivity contribution in [1.82, 2.24) is 0 Å². The highest BCUT2D eigenvalue weighted by molar-refractivity contribution is 5.94. The van der Waals surface area contributed by atoms with Crippen LogP contribution in [0, 0.1) is 13.8 Å². The Morgan fingerprint density at radius 3 is 2.38 bits per heavy atom. The summed E-state index contributed by atoms with van der Waals surface area (Å²) in [6.07, 6.45) is 6.72. The van der Waals surface area contributed by atoms with Crippen LogP contribution in [0.15, 0.2) is 42.4 Å². The molecule has 1 heterocycles. The molecule has 0 saturated heterocycles. The SMILES string of the molecule is [2H]c1c(C)[n+](C)c(-c2cc(C3CCCCC3)ccc2C)c2ccc(C(C)(C)C)cc12. The molecule has 1 saturated carbocycles. The molecule has 2 aromatic carbocycles. The van der Waals surface area contributed by atoms with E-state index < -0.39 is 0 Å². The highest BCUT2D eigenvalue weighted by atomic mass is 14.9. The van der Waals surface area contributed by atoms with Crippen LogP contribution in [0.3, 0.4) is 0 Å². The molecule has 3 aromatic rings. The molecule has 29 heavy (non-hydrogen) atoms. The maximum atomic E-state index is 8.82. The summed E-state index contributed by atoms with van der Waals surface area (Å²) in [5.74, 6) is 0.693. The summed E-state index contributed by atoms with van der Waals surface area (Å²) in [4.78, 5) is 0. The zero-order chi connectivity index (χ0) is 21.6. The third-order valence-electron chi connectivity index (χ3n) is 6.89. The van der Waals surface area contributed by atoms with Gasteiger partial charge in [-0.2, -0.15) is 4.57 Å². The number of fused-ring (bicyclic) bond motifs is 1. The Morgan fingerprint density at radius 1 is 0.966 bits per heavy atom. The van der Waals surface area contributed by atoms with Gasteiger partial charge in [-0.15, -0.1) is 0 Å². The summed E-state index contributed by atoms with van der Waals surface area (Å²) in [6.45, 7) is 11.0. The summed E-state index contributed by atoms with van der Waals surface area (Å²) >= 11 is 0. The lowest BCUT2D eigenvalue weighted by atomic mass is 9.82. The largest absolute Gasteiger partial charge is 0.220 e. The van der Waals surface area contributed by atoms with E-state index in [1.165, 1.54) is 65.4 Å². The third-order valence-corrected chi connectivity index (χ3v) is 6.89. The molecule has 152 valence electrons. The molecule has 0 N–H and O–H groups in total. The fraction of sp³-hybridized carbons (Fsp3) is 0.464. The summed E-state index contributed by atoms with van der Waals surface area (Å²) in [5.41, 5.74) is 7.74. The van der Waals surface area contributed by atoms with E-state index in [9.17, 15) is 0 Å². The average molecular weight is 388 g/mol. The minimum Gasteiger partial charge on any atom is -0.198 e. The molecular weight excluding hydrogens is 350 g/mol. The maximum Gasteiger partial charge on any atom is 0.220 e. The predicted molar refractivity (Wildman–Crippen MR) is 125 cm³/mol. The summed E-state index contributed by atoms with van der Waals surface area (Å²) in [7, 11) is 2.12. The predicted octanol–water partition coefficient (Wildman–Crippen LogP) is 7.29. The second-order valence-electron chi connectivity index (χ2n) is 10.0. The number of hydrogen-bond acceptors (Lipinski definition) is 0. The van der Waals surface area contributed by atoms with E-state index >= 15 is 0 Å². The molecule has 1 aliphatic carbocycles. The standard InChI is InChI=1S/C28H36N/c1-19-12-13-22(21-10-8-7-9-11-21)18-26(19)27-25-15-14-24(28(3,4)5)17-23(25)16-20(2)29(27)6/h12-18,21H,7-11H2,1-6H3/q+1/i16D. The fourth-order valence-electron chi connectivity index (χ4n) is 4.86. The van der Waals surface area contributed by atoms with Crippen LogP contribution in [-0.4, -0.2) is 0 Å². The molecule has 0 amide bonds. The van der Waals surface area contributed by atoms with Gasteiger partial charge in [0.2, 0.25) is 5.69 Å². The number of nitrogens with zero attached hydrogens (tertiary/aromatic N) is 1. The highest BCUT2D eigenvalue weighted by Gasteiger charge is 2.23. The van der Waals surface area contributed by atoms with E-state index in [-0.39, 0.29) is 5.41 Å². The Bertz CT molecular complexity index is 1100. The average Bonchev–Trinajstić information content (AvgIpc) is 2.73. The fourth-order valence-corrected chi connectivity index (χ4v) is 4.86. The molecule has 1 fully saturated rings. The van der Waals surface area contributed by atoms with Crippen LogP contribution in [0.1, 0.15) is 82.5 Å². The van der Waals surface area contributed by atoms with Crippen molar-refractivity contribution in [2.24, 2.45) is 7.05 Å². The number of benzene rings is 2. The Kier molecular flexibility index (Phi) is 4.94. The zero-order valence-corrected chi connectivity index (χ0v) is 19.0. The van der Waals surface area contributed by atoms with Crippen LogP contribution in [0.4, 0.5) is 0 Å². The first-order valence-electron chi connectivity index (χ1n) is 11.7. The lowest BCUT2D eigenvalue weighted by Crippen LogP contribution is -2.35. The van der Waals surface area contributed by atoms with E-state index in [4.69, 9.17) is 1.37 Å². The second-order valence-corrected chi connectivity index (χ2v) is 10.0. The van der Waals surface area contributed by atoms with Gasteiger partial charge in [0, 0.05) is 18.5 Å². The van der Waals surface area contributed by atoms with Crippen LogP contribution in [-0.2, 0) is 12.5 Å². The molecule has 1 aromatic heterocycles. The molecule has 0 aliphatic heterocycles. The van der Waals surface area contributed by atoms with E-state index in [0.29, 0.717) is 12.0 Å². The first-order chi connectivity index (χ1) is 14.2. The number of rotatable bonds is 2. The minimum atomic E-state index is 0.0730. The first kappa shape index (κ1) is 18.9. The Labute approximate surface area is 178 Å². The van der Waals surface area contributed by atoms with Crippen molar-refractivity contribution >= 4 is 10.8 Å². The molecular formula is C28H36N+. The normalized spacial score (nSPS) is 16.3. The minimum absolute atomic E-state index is 0.0730.